The lowest BCUT2D eigenvalue weighted by molar-refractivity contribution is -0.116. The van der Waals surface area contributed by atoms with E-state index >= 15 is 0 Å². The molecule has 6 nitrogen and oxygen atoms in total. The van der Waals surface area contributed by atoms with Crippen LogP contribution in [0.4, 0.5) is 5.88 Å². The minimum atomic E-state index is -0.570. The van der Waals surface area contributed by atoms with Crippen LogP contribution >= 0.6 is 11.6 Å². The number of ether oxygens (including phenoxy) is 1. The number of anilines is 1. The molecular weight excluding hydrogens is 320 g/mol. The molecule has 2 rings (SSSR count). The van der Waals surface area contributed by atoms with Crippen molar-refractivity contribution < 1.29 is 18.8 Å². The fourth-order valence-corrected chi connectivity index (χ4v) is 2.12. The molecule has 1 aromatic heterocycles. The summed E-state index contributed by atoms with van der Waals surface area (Å²) in [5.74, 6) is -0.831. The van der Waals surface area contributed by atoms with Gasteiger partial charge < -0.3 is 9.26 Å². The van der Waals surface area contributed by atoms with Gasteiger partial charge in [0.2, 0.25) is 11.8 Å². The van der Waals surface area contributed by atoms with Crippen LogP contribution in [-0.4, -0.2) is 23.6 Å². The summed E-state index contributed by atoms with van der Waals surface area (Å²) < 4.78 is 9.93. The predicted octanol–water partition coefficient (Wildman–Crippen LogP) is 3.38. The van der Waals surface area contributed by atoms with Crippen molar-refractivity contribution >= 4 is 29.4 Å². The van der Waals surface area contributed by atoms with Gasteiger partial charge in [0.25, 0.3) is 0 Å². The number of hydrogen-bond acceptors (Lipinski definition) is 5. The van der Waals surface area contributed by atoms with E-state index in [4.69, 9.17) is 20.9 Å². The van der Waals surface area contributed by atoms with Crippen LogP contribution < -0.4 is 5.32 Å². The van der Waals surface area contributed by atoms with Crippen LogP contribution in [0.3, 0.4) is 0 Å². The van der Waals surface area contributed by atoms with Crippen LogP contribution in [0.5, 0.6) is 0 Å². The van der Waals surface area contributed by atoms with Gasteiger partial charge >= 0.3 is 5.97 Å². The fraction of sp³-hybridized carbons (Fsp3) is 0.312. The molecule has 1 aromatic carbocycles. The maximum absolute atomic E-state index is 12.0. The van der Waals surface area contributed by atoms with Crippen molar-refractivity contribution in [3.05, 3.63) is 46.1 Å². The zero-order valence-electron chi connectivity index (χ0n) is 12.9. The normalized spacial score (nSPS) is 10.4. The van der Waals surface area contributed by atoms with Gasteiger partial charge in [0.05, 0.1) is 12.3 Å². The number of carbonyl (C=O) groups excluding carboxylic acids is 2. The van der Waals surface area contributed by atoms with Crippen LogP contribution in [-0.2, 0) is 16.0 Å². The number of aromatic nitrogens is 1. The van der Waals surface area contributed by atoms with E-state index in [-0.39, 0.29) is 30.4 Å². The molecule has 0 fully saturated rings. The molecule has 0 aliphatic carbocycles. The molecule has 0 radical (unpaired) electrons. The average Bonchev–Trinajstić information content (AvgIpc) is 2.87. The van der Waals surface area contributed by atoms with Crippen LogP contribution in [0, 0.1) is 6.92 Å². The minimum Gasteiger partial charge on any atom is -0.462 e. The van der Waals surface area contributed by atoms with Crippen molar-refractivity contribution in [1.82, 2.24) is 5.16 Å². The number of benzene rings is 1. The Morgan fingerprint density at radius 3 is 2.65 bits per heavy atom. The van der Waals surface area contributed by atoms with Crippen LogP contribution in [0.2, 0.25) is 5.02 Å². The van der Waals surface area contributed by atoms with Gasteiger partial charge in [0.1, 0.15) is 5.56 Å². The van der Waals surface area contributed by atoms with E-state index in [1.54, 1.807) is 26.0 Å². The Kier molecular flexibility index (Phi) is 5.76. The van der Waals surface area contributed by atoms with Crippen molar-refractivity contribution in [2.75, 3.05) is 11.9 Å². The molecule has 0 atom stereocenters. The maximum Gasteiger partial charge on any atom is 0.345 e. The monoisotopic (exact) mass is 336 g/mol. The van der Waals surface area contributed by atoms with Gasteiger partial charge in [-0.3, -0.25) is 10.1 Å². The van der Waals surface area contributed by atoms with Gasteiger partial charge in [-0.05, 0) is 38.0 Å². The topological polar surface area (TPSA) is 81.4 Å². The molecule has 1 amide bonds. The minimum absolute atomic E-state index is 0.0158. The maximum atomic E-state index is 12.0. The van der Waals surface area contributed by atoms with E-state index in [1.807, 2.05) is 12.1 Å². The summed E-state index contributed by atoms with van der Waals surface area (Å²) in [6, 6.07) is 7.26. The van der Waals surface area contributed by atoms with Crippen molar-refractivity contribution in [1.29, 1.82) is 0 Å². The highest BCUT2D eigenvalue weighted by Gasteiger charge is 2.23. The second-order valence-corrected chi connectivity index (χ2v) is 5.30. The summed E-state index contributed by atoms with van der Waals surface area (Å²) in [6.45, 7) is 3.54. The summed E-state index contributed by atoms with van der Waals surface area (Å²) in [4.78, 5) is 23.9. The lowest BCUT2D eigenvalue weighted by Crippen LogP contribution is -2.15. The second kappa shape index (κ2) is 7.78. The number of carbonyl (C=O) groups is 2. The lowest BCUT2D eigenvalue weighted by atomic mass is 10.1. The molecule has 0 aliphatic rings. The Morgan fingerprint density at radius 1 is 1.30 bits per heavy atom. The quantitative estimate of drug-likeness (QED) is 0.818. The molecule has 0 aliphatic heterocycles. The molecule has 0 bridgehead atoms. The van der Waals surface area contributed by atoms with E-state index in [1.165, 1.54) is 0 Å². The number of rotatable bonds is 6. The van der Waals surface area contributed by atoms with E-state index in [0.717, 1.165) is 5.56 Å². The van der Waals surface area contributed by atoms with Gasteiger partial charge in [-0.2, -0.15) is 0 Å². The van der Waals surface area contributed by atoms with Crippen LogP contribution in [0.15, 0.2) is 28.8 Å². The third-order valence-electron chi connectivity index (χ3n) is 3.15. The Balaban J connectivity index is 1.97. The number of halogens is 1. The molecule has 1 N–H and O–H groups in total. The van der Waals surface area contributed by atoms with E-state index in [0.29, 0.717) is 17.1 Å². The Labute approximate surface area is 138 Å². The van der Waals surface area contributed by atoms with Crippen molar-refractivity contribution in [3.63, 3.8) is 0 Å². The Bertz CT molecular complexity index is 695. The molecule has 23 heavy (non-hydrogen) atoms. The summed E-state index contributed by atoms with van der Waals surface area (Å²) in [6.07, 6.45) is 0.786. The van der Waals surface area contributed by atoms with E-state index in [9.17, 15) is 9.59 Å². The first kappa shape index (κ1) is 17.0. The second-order valence-electron chi connectivity index (χ2n) is 4.87. The molecular formula is C16H17ClN2O4. The van der Waals surface area contributed by atoms with Crippen molar-refractivity contribution in [2.45, 2.75) is 26.7 Å². The molecule has 0 spiro atoms. The first-order valence-electron chi connectivity index (χ1n) is 7.19. The molecule has 7 heteroatoms. The number of hydrogen-bond donors (Lipinski definition) is 1. The van der Waals surface area contributed by atoms with E-state index < -0.39 is 5.97 Å². The summed E-state index contributed by atoms with van der Waals surface area (Å²) >= 11 is 5.81. The average molecular weight is 337 g/mol. The van der Waals surface area contributed by atoms with Crippen LogP contribution in [0.25, 0.3) is 0 Å². The Hall–Kier alpha value is -2.34. The van der Waals surface area contributed by atoms with Gasteiger partial charge in [-0.1, -0.05) is 28.9 Å². The third-order valence-corrected chi connectivity index (χ3v) is 3.40. The largest absolute Gasteiger partial charge is 0.462 e. The lowest BCUT2D eigenvalue weighted by Gasteiger charge is -2.05. The molecule has 2 aromatic rings. The number of nitrogens with zero attached hydrogens (tertiary/aromatic N) is 1. The molecule has 0 unspecified atom stereocenters. The molecule has 0 saturated carbocycles. The summed E-state index contributed by atoms with van der Waals surface area (Å²) in [5, 5.41) is 6.90. The van der Waals surface area contributed by atoms with Crippen LogP contribution in [0.1, 0.15) is 35.0 Å². The smallest absolute Gasteiger partial charge is 0.345 e. The molecule has 0 saturated heterocycles. The zero-order valence-corrected chi connectivity index (χ0v) is 13.6. The van der Waals surface area contributed by atoms with Gasteiger partial charge in [0.15, 0.2) is 0 Å². The highest BCUT2D eigenvalue weighted by atomic mass is 35.5. The Morgan fingerprint density at radius 2 is 2.00 bits per heavy atom. The molecule has 1 heterocycles. The first-order valence-corrected chi connectivity index (χ1v) is 7.56. The van der Waals surface area contributed by atoms with Crippen molar-refractivity contribution in [2.24, 2.45) is 0 Å². The first-order chi connectivity index (χ1) is 11.0. The van der Waals surface area contributed by atoms with Gasteiger partial charge in [0, 0.05) is 11.4 Å². The number of amides is 1. The zero-order chi connectivity index (χ0) is 16.8. The van der Waals surface area contributed by atoms with E-state index in [2.05, 4.69) is 10.5 Å². The highest BCUT2D eigenvalue weighted by Crippen LogP contribution is 2.21. The number of esters is 1. The summed E-state index contributed by atoms with van der Waals surface area (Å²) in [5.41, 5.74) is 1.51. The molecule has 122 valence electrons. The fourth-order valence-electron chi connectivity index (χ4n) is 2.00. The predicted molar refractivity (Wildman–Crippen MR) is 85.6 cm³/mol. The standard InChI is InChI=1S/C16H17ClN2O4/c1-3-22-16(21)14-10(2)19-23-15(14)18-13(20)9-6-11-4-7-12(17)8-5-11/h4-5,7-8H,3,6,9H2,1-2H3,(H,18,20). The highest BCUT2D eigenvalue weighted by molar-refractivity contribution is 6.30. The third kappa shape index (κ3) is 4.56. The van der Waals surface area contributed by atoms with Gasteiger partial charge in [-0.15, -0.1) is 0 Å². The number of aryl methyl sites for hydroxylation is 2. The number of nitrogens with one attached hydrogen (secondary N) is 1. The van der Waals surface area contributed by atoms with Gasteiger partial charge in [-0.25, -0.2) is 4.79 Å². The summed E-state index contributed by atoms with van der Waals surface area (Å²) in [7, 11) is 0. The van der Waals surface area contributed by atoms with Crippen molar-refractivity contribution in [3.8, 4) is 0 Å². The SMILES string of the molecule is CCOC(=O)c1c(C)noc1NC(=O)CCc1ccc(Cl)cc1.